The van der Waals surface area contributed by atoms with Gasteiger partial charge in [0, 0.05) is 13.1 Å². The van der Waals surface area contributed by atoms with E-state index in [0.717, 1.165) is 0 Å². The molecule has 1 saturated heterocycles. The molecule has 0 amide bonds. The molecule has 0 aromatic heterocycles. The molecule has 0 aromatic rings. The first-order chi connectivity index (χ1) is 5.23. The summed E-state index contributed by atoms with van der Waals surface area (Å²) in [5.41, 5.74) is 0.657. The highest BCUT2D eigenvalue weighted by atomic mass is 15.1. The summed E-state index contributed by atoms with van der Waals surface area (Å²) >= 11 is 0. The molecule has 2 fully saturated rings. The standard InChI is InChI=1S/C9H17N2/c1-11(2)6-8-5-9(8)3-4-10-7-9/h10H,3-7H2,1-2H3. The van der Waals surface area contributed by atoms with Crippen LogP contribution in [0.3, 0.4) is 0 Å². The lowest BCUT2D eigenvalue weighted by atomic mass is 10.0. The molecule has 1 radical (unpaired) electrons. The van der Waals surface area contributed by atoms with E-state index in [1.807, 2.05) is 0 Å². The molecule has 1 saturated carbocycles. The maximum absolute atomic E-state index is 3.44. The molecule has 11 heavy (non-hydrogen) atoms. The van der Waals surface area contributed by atoms with Gasteiger partial charge >= 0.3 is 0 Å². The lowest BCUT2D eigenvalue weighted by Crippen LogP contribution is -2.18. The zero-order valence-corrected chi connectivity index (χ0v) is 7.48. The highest BCUT2D eigenvalue weighted by molar-refractivity contribution is 5.28. The van der Waals surface area contributed by atoms with Gasteiger partial charge in [0.05, 0.1) is 0 Å². The topological polar surface area (TPSA) is 15.3 Å². The van der Waals surface area contributed by atoms with E-state index in [0.29, 0.717) is 5.41 Å². The summed E-state index contributed by atoms with van der Waals surface area (Å²) in [5.74, 6) is 1.77. The molecule has 1 heterocycles. The fraction of sp³-hybridized carbons (Fsp3) is 0.889. The van der Waals surface area contributed by atoms with Crippen LogP contribution in [0.2, 0.25) is 0 Å². The molecule has 2 heteroatoms. The smallest absolute Gasteiger partial charge is 0.00440 e. The Morgan fingerprint density at radius 2 is 2.36 bits per heavy atom. The molecule has 1 atom stereocenters. The predicted molar refractivity (Wildman–Crippen MR) is 46.3 cm³/mol. The van der Waals surface area contributed by atoms with Crippen molar-refractivity contribution < 1.29 is 0 Å². The van der Waals surface area contributed by atoms with E-state index >= 15 is 0 Å². The van der Waals surface area contributed by atoms with Crippen molar-refractivity contribution in [3.8, 4) is 0 Å². The van der Waals surface area contributed by atoms with Crippen LogP contribution in [0.15, 0.2) is 0 Å². The molecule has 1 aliphatic heterocycles. The highest BCUT2D eigenvalue weighted by Crippen LogP contribution is 2.58. The minimum atomic E-state index is 0.657. The van der Waals surface area contributed by atoms with Crippen LogP contribution in [0.4, 0.5) is 0 Å². The van der Waals surface area contributed by atoms with Crippen molar-refractivity contribution in [3.05, 3.63) is 5.92 Å². The van der Waals surface area contributed by atoms with Gasteiger partial charge in [-0.3, -0.25) is 0 Å². The van der Waals surface area contributed by atoms with Gasteiger partial charge in [-0.05, 0) is 44.8 Å². The molecule has 0 bridgehead atoms. The number of nitrogens with zero attached hydrogens (tertiary/aromatic N) is 1. The summed E-state index contributed by atoms with van der Waals surface area (Å²) in [4.78, 5) is 2.28. The zero-order valence-electron chi connectivity index (χ0n) is 7.48. The molecule has 1 aliphatic carbocycles. The lowest BCUT2D eigenvalue weighted by molar-refractivity contribution is 0.418. The average Bonchev–Trinajstić information content (AvgIpc) is 2.43. The van der Waals surface area contributed by atoms with Crippen molar-refractivity contribution >= 4 is 0 Å². The first-order valence-electron chi connectivity index (χ1n) is 4.44. The molecule has 1 spiro atoms. The molecule has 2 rings (SSSR count). The van der Waals surface area contributed by atoms with Crippen LogP contribution in [0, 0.1) is 11.3 Å². The van der Waals surface area contributed by atoms with Gasteiger partial charge in [0.1, 0.15) is 0 Å². The molecule has 63 valence electrons. The zero-order chi connectivity index (χ0) is 7.90. The summed E-state index contributed by atoms with van der Waals surface area (Å²) in [6.45, 7) is 3.69. The molecule has 1 unspecified atom stereocenters. The van der Waals surface area contributed by atoms with Crippen LogP contribution < -0.4 is 5.32 Å². The van der Waals surface area contributed by atoms with Gasteiger partial charge in [0.2, 0.25) is 0 Å². The van der Waals surface area contributed by atoms with Crippen molar-refractivity contribution in [3.63, 3.8) is 0 Å². The maximum Gasteiger partial charge on any atom is 0.00440 e. The van der Waals surface area contributed by atoms with Crippen molar-refractivity contribution in [1.29, 1.82) is 0 Å². The fourth-order valence-electron chi connectivity index (χ4n) is 2.17. The van der Waals surface area contributed by atoms with Gasteiger partial charge in [-0.25, -0.2) is 0 Å². The SMILES string of the molecule is CN(C)C[C]1CC12CCNC2. The van der Waals surface area contributed by atoms with Crippen LogP contribution in [-0.4, -0.2) is 38.6 Å². The number of nitrogens with one attached hydrogen (secondary N) is 1. The van der Waals surface area contributed by atoms with E-state index in [9.17, 15) is 0 Å². The number of hydrogen-bond donors (Lipinski definition) is 1. The first kappa shape index (κ1) is 7.56. The van der Waals surface area contributed by atoms with Crippen LogP contribution in [-0.2, 0) is 0 Å². The molecule has 0 aromatic carbocycles. The van der Waals surface area contributed by atoms with Gasteiger partial charge in [-0.15, -0.1) is 0 Å². The lowest BCUT2D eigenvalue weighted by Gasteiger charge is -2.11. The average molecular weight is 153 g/mol. The Morgan fingerprint density at radius 3 is 2.91 bits per heavy atom. The van der Waals surface area contributed by atoms with E-state index < -0.39 is 0 Å². The second kappa shape index (κ2) is 2.46. The van der Waals surface area contributed by atoms with Gasteiger partial charge < -0.3 is 10.2 Å². The van der Waals surface area contributed by atoms with Crippen LogP contribution in [0.1, 0.15) is 12.8 Å². The Morgan fingerprint density at radius 1 is 1.55 bits per heavy atom. The second-order valence-corrected chi connectivity index (χ2v) is 4.23. The van der Waals surface area contributed by atoms with Crippen molar-refractivity contribution in [1.82, 2.24) is 10.2 Å². The molecule has 1 N–H and O–H groups in total. The van der Waals surface area contributed by atoms with Crippen LogP contribution in [0.5, 0.6) is 0 Å². The predicted octanol–water partition coefficient (Wildman–Crippen LogP) is 0.506. The van der Waals surface area contributed by atoms with E-state index in [1.165, 1.54) is 32.5 Å². The van der Waals surface area contributed by atoms with Crippen molar-refractivity contribution in [2.45, 2.75) is 12.8 Å². The summed E-state index contributed by atoms with van der Waals surface area (Å²) in [6.07, 6.45) is 2.77. The minimum absolute atomic E-state index is 0.657. The Balaban J connectivity index is 1.84. The largest absolute Gasteiger partial charge is 0.316 e. The highest BCUT2D eigenvalue weighted by Gasteiger charge is 2.55. The molecular formula is C9H17N2. The van der Waals surface area contributed by atoms with Gasteiger partial charge in [0.25, 0.3) is 0 Å². The van der Waals surface area contributed by atoms with Crippen molar-refractivity contribution in [2.24, 2.45) is 5.41 Å². The van der Waals surface area contributed by atoms with Crippen LogP contribution in [0.25, 0.3) is 0 Å². The first-order valence-corrected chi connectivity index (χ1v) is 4.44. The van der Waals surface area contributed by atoms with Crippen molar-refractivity contribution in [2.75, 3.05) is 33.7 Å². The summed E-state index contributed by atoms with van der Waals surface area (Å²) in [7, 11) is 4.31. The third kappa shape index (κ3) is 1.30. The van der Waals surface area contributed by atoms with Crippen LogP contribution >= 0.6 is 0 Å². The summed E-state index contributed by atoms with van der Waals surface area (Å²) in [5, 5.41) is 3.44. The third-order valence-electron chi connectivity index (χ3n) is 2.93. The van der Waals surface area contributed by atoms with Gasteiger partial charge in [0.15, 0.2) is 0 Å². The Labute approximate surface area is 69.0 Å². The molecular weight excluding hydrogens is 136 g/mol. The number of hydrogen-bond acceptors (Lipinski definition) is 2. The second-order valence-electron chi connectivity index (χ2n) is 4.23. The van der Waals surface area contributed by atoms with Gasteiger partial charge in [-0.2, -0.15) is 0 Å². The van der Waals surface area contributed by atoms with E-state index in [2.05, 4.69) is 24.3 Å². The maximum atomic E-state index is 3.44. The number of rotatable bonds is 2. The normalized spacial score (nSPS) is 37.4. The summed E-state index contributed by atoms with van der Waals surface area (Å²) < 4.78 is 0. The Kier molecular flexibility index (Phi) is 1.69. The quantitative estimate of drug-likeness (QED) is 0.621. The summed E-state index contributed by atoms with van der Waals surface area (Å²) in [6, 6.07) is 0. The third-order valence-corrected chi connectivity index (χ3v) is 2.93. The van der Waals surface area contributed by atoms with E-state index in [1.54, 1.807) is 5.92 Å². The fourth-order valence-corrected chi connectivity index (χ4v) is 2.17. The Hall–Kier alpha value is -0.0800. The molecule has 2 aliphatic rings. The minimum Gasteiger partial charge on any atom is -0.316 e. The van der Waals surface area contributed by atoms with E-state index in [4.69, 9.17) is 0 Å². The molecule has 2 nitrogen and oxygen atoms in total. The van der Waals surface area contributed by atoms with E-state index in [-0.39, 0.29) is 0 Å². The Bertz CT molecular complexity index is 148. The van der Waals surface area contributed by atoms with Gasteiger partial charge in [-0.1, -0.05) is 0 Å². The monoisotopic (exact) mass is 153 g/mol.